The minimum absolute atomic E-state index is 0.0655. The zero-order valence-electron chi connectivity index (χ0n) is 13.6. The van der Waals surface area contributed by atoms with Crippen molar-refractivity contribution < 1.29 is 9.59 Å². The lowest BCUT2D eigenvalue weighted by atomic mass is 9.87. The highest BCUT2D eigenvalue weighted by molar-refractivity contribution is 7.09. The second-order valence-corrected chi connectivity index (χ2v) is 7.46. The average Bonchev–Trinajstić information content (AvgIpc) is 3.18. The van der Waals surface area contributed by atoms with Gasteiger partial charge < -0.3 is 10.2 Å². The van der Waals surface area contributed by atoms with Crippen LogP contribution in [0.4, 0.5) is 0 Å². The van der Waals surface area contributed by atoms with E-state index in [1.54, 1.807) is 16.2 Å². The summed E-state index contributed by atoms with van der Waals surface area (Å²) in [5.74, 6) is 0.672. The molecule has 1 aliphatic heterocycles. The van der Waals surface area contributed by atoms with Crippen molar-refractivity contribution in [1.82, 2.24) is 15.2 Å². The Morgan fingerprint density at radius 1 is 1.30 bits per heavy atom. The molecule has 0 radical (unpaired) electrons. The molecular weight excluding hydrogens is 310 g/mol. The van der Waals surface area contributed by atoms with Gasteiger partial charge in [-0.3, -0.25) is 9.59 Å². The zero-order chi connectivity index (χ0) is 16.1. The van der Waals surface area contributed by atoms with E-state index >= 15 is 0 Å². The Morgan fingerprint density at radius 3 is 2.87 bits per heavy atom. The lowest BCUT2D eigenvalue weighted by Gasteiger charge is -2.19. The summed E-state index contributed by atoms with van der Waals surface area (Å²) in [6.45, 7) is 1.51. The topological polar surface area (TPSA) is 62.3 Å². The number of carbonyl (C=O) groups is 2. The third kappa shape index (κ3) is 4.53. The van der Waals surface area contributed by atoms with E-state index < -0.39 is 0 Å². The molecule has 2 fully saturated rings. The lowest BCUT2D eigenvalue weighted by molar-refractivity contribution is -0.133. The van der Waals surface area contributed by atoms with Gasteiger partial charge in [0.05, 0.1) is 17.2 Å². The maximum Gasteiger partial charge on any atom is 0.239 e. The molecule has 1 aromatic rings. The van der Waals surface area contributed by atoms with Crippen molar-refractivity contribution in [1.29, 1.82) is 0 Å². The maximum absolute atomic E-state index is 11.9. The minimum atomic E-state index is -0.0655. The van der Waals surface area contributed by atoms with Gasteiger partial charge in [0.25, 0.3) is 0 Å². The molecule has 0 atom stereocenters. The zero-order valence-corrected chi connectivity index (χ0v) is 14.4. The normalized spacial score (nSPS) is 19.3. The Morgan fingerprint density at radius 2 is 2.13 bits per heavy atom. The molecule has 0 spiro atoms. The molecule has 0 unspecified atom stereocenters. The molecule has 2 amide bonds. The van der Waals surface area contributed by atoms with E-state index in [1.807, 2.05) is 0 Å². The van der Waals surface area contributed by atoms with Gasteiger partial charge in [-0.15, -0.1) is 11.3 Å². The van der Waals surface area contributed by atoms with E-state index in [2.05, 4.69) is 10.7 Å². The number of hydrogen-bond acceptors (Lipinski definition) is 4. The Bertz CT molecular complexity index is 552. The van der Waals surface area contributed by atoms with Gasteiger partial charge in [-0.1, -0.05) is 19.3 Å². The van der Waals surface area contributed by atoms with Crippen LogP contribution >= 0.6 is 11.3 Å². The van der Waals surface area contributed by atoms with E-state index in [1.165, 1.54) is 37.8 Å². The summed E-state index contributed by atoms with van der Waals surface area (Å²) in [6.07, 6.45) is 8.76. The third-order valence-electron chi connectivity index (χ3n) is 4.76. The fourth-order valence-electron chi connectivity index (χ4n) is 3.44. The van der Waals surface area contributed by atoms with Gasteiger partial charge in [0.1, 0.15) is 0 Å². The molecule has 5 nitrogen and oxygen atoms in total. The van der Waals surface area contributed by atoms with Crippen LogP contribution in [0.25, 0.3) is 0 Å². The molecule has 126 valence electrons. The van der Waals surface area contributed by atoms with E-state index in [0.717, 1.165) is 17.8 Å². The van der Waals surface area contributed by atoms with Gasteiger partial charge in [0, 0.05) is 37.2 Å². The highest BCUT2D eigenvalue weighted by Gasteiger charge is 2.22. The number of amides is 2. The largest absolute Gasteiger partial charge is 0.354 e. The Hall–Kier alpha value is -1.43. The molecule has 1 saturated heterocycles. The first kappa shape index (κ1) is 16.4. The molecule has 1 aromatic heterocycles. The lowest BCUT2D eigenvalue weighted by Crippen LogP contribution is -2.38. The summed E-state index contributed by atoms with van der Waals surface area (Å²) in [7, 11) is 0. The van der Waals surface area contributed by atoms with E-state index in [0.29, 0.717) is 25.4 Å². The fourth-order valence-corrected chi connectivity index (χ4v) is 4.32. The van der Waals surface area contributed by atoms with Gasteiger partial charge in [-0.2, -0.15) is 0 Å². The van der Waals surface area contributed by atoms with Gasteiger partial charge in [-0.05, 0) is 19.3 Å². The fraction of sp³-hybridized carbons (Fsp3) is 0.706. The predicted molar refractivity (Wildman–Crippen MR) is 90.5 cm³/mol. The number of likely N-dealkylation sites (tertiary alicyclic amines) is 1. The summed E-state index contributed by atoms with van der Waals surface area (Å²) in [6, 6.07) is 0. The van der Waals surface area contributed by atoms with Crippen molar-refractivity contribution in [3.05, 3.63) is 16.1 Å². The molecule has 2 heterocycles. The van der Waals surface area contributed by atoms with Crippen LogP contribution in [0.2, 0.25) is 0 Å². The highest BCUT2D eigenvalue weighted by Crippen LogP contribution is 2.33. The van der Waals surface area contributed by atoms with Crippen molar-refractivity contribution in [3.8, 4) is 0 Å². The van der Waals surface area contributed by atoms with Crippen LogP contribution in [-0.2, 0) is 16.0 Å². The second kappa shape index (κ2) is 7.90. The first-order valence-electron chi connectivity index (χ1n) is 8.71. The summed E-state index contributed by atoms with van der Waals surface area (Å²) < 4.78 is 0. The molecule has 2 aliphatic rings. The SMILES string of the molecule is O=C(CN1CCCC1=O)NCCc1nc(C2CCCCC2)cs1. The molecular formula is C17H25N3O2S. The molecule has 3 rings (SSSR count). The van der Waals surface area contributed by atoms with Crippen LogP contribution in [0.5, 0.6) is 0 Å². The number of thiazole rings is 1. The molecule has 1 aliphatic carbocycles. The van der Waals surface area contributed by atoms with Crippen molar-refractivity contribution in [2.45, 2.75) is 57.3 Å². The standard InChI is InChI=1S/C17H25N3O2S/c21-15(11-20-10-4-7-17(20)22)18-9-8-16-19-14(12-23-16)13-5-2-1-3-6-13/h12-13H,1-11H2,(H,18,21). The van der Waals surface area contributed by atoms with Gasteiger partial charge in [-0.25, -0.2) is 4.98 Å². The number of nitrogens with one attached hydrogen (secondary N) is 1. The van der Waals surface area contributed by atoms with Crippen molar-refractivity contribution in [3.63, 3.8) is 0 Å². The van der Waals surface area contributed by atoms with Crippen LogP contribution in [0.15, 0.2) is 5.38 Å². The van der Waals surface area contributed by atoms with Gasteiger partial charge in [0.2, 0.25) is 11.8 Å². The van der Waals surface area contributed by atoms with E-state index in [4.69, 9.17) is 4.98 Å². The predicted octanol–water partition coefficient (Wildman–Crippen LogP) is 2.47. The molecule has 0 aromatic carbocycles. The van der Waals surface area contributed by atoms with Crippen LogP contribution in [0, 0.1) is 0 Å². The van der Waals surface area contributed by atoms with Crippen molar-refractivity contribution in [2.24, 2.45) is 0 Å². The summed E-state index contributed by atoms with van der Waals surface area (Å²) in [5.41, 5.74) is 1.25. The van der Waals surface area contributed by atoms with Gasteiger partial charge >= 0.3 is 0 Å². The highest BCUT2D eigenvalue weighted by atomic mass is 32.1. The maximum atomic E-state index is 11.9. The van der Waals surface area contributed by atoms with E-state index in [9.17, 15) is 9.59 Å². The monoisotopic (exact) mass is 335 g/mol. The summed E-state index contributed by atoms with van der Waals surface area (Å²) in [4.78, 5) is 29.7. The van der Waals surface area contributed by atoms with Gasteiger partial charge in [0.15, 0.2) is 0 Å². The summed E-state index contributed by atoms with van der Waals surface area (Å²) in [5, 5.41) is 6.19. The van der Waals surface area contributed by atoms with Crippen molar-refractivity contribution in [2.75, 3.05) is 19.6 Å². The summed E-state index contributed by atoms with van der Waals surface area (Å²) >= 11 is 1.70. The quantitative estimate of drug-likeness (QED) is 0.869. The Kier molecular flexibility index (Phi) is 5.65. The Balaban J connectivity index is 1.39. The number of rotatable bonds is 6. The molecule has 6 heteroatoms. The smallest absolute Gasteiger partial charge is 0.239 e. The third-order valence-corrected chi connectivity index (χ3v) is 5.69. The number of aromatic nitrogens is 1. The number of hydrogen-bond donors (Lipinski definition) is 1. The Labute approximate surface area is 141 Å². The first-order valence-corrected chi connectivity index (χ1v) is 9.59. The molecule has 23 heavy (non-hydrogen) atoms. The van der Waals surface area contributed by atoms with Crippen LogP contribution in [0.3, 0.4) is 0 Å². The van der Waals surface area contributed by atoms with Crippen molar-refractivity contribution >= 4 is 23.2 Å². The minimum Gasteiger partial charge on any atom is -0.354 e. The number of carbonyl (C=O) groups excluding carboxylic acids is 2. The number of nitrogens with zero attached hydrogens (tertiary/aromatic N) is 2. The molecule has 0 bridgehead atoms. The van der Waals surface area contributed by atoms with E-state index in [-0.39, 0.29) is 18.4 Å². The first-order chi connectivity index (χ1) is 11.2. The van der Waals surface area contributed by atoms with Crippen LogP contribution in [0.1, 0.15) is 61.6 Å². The second-order valence-electron chi connectivity index (χ2n) is 6.52. The average molecular weight is 335 g/mol. The molecule has 1 saturated carbocycles. The molecule has 1 N–H and O–H groups in total. The van der Waals surface area contributed by atoms with Crippen LogP contribution in [-0.4, -0.2) is 41.3 Å². The van der Waals surface area contributed by atoms with Crippen LogP contribution < -0.4 is 5.32 Å².